The van der Waals surface area contributed by atoms with E-state index in [0.717, 1.165) is 24.8 Å². The minimum absolute atomic E-state index is 0.240. The normalized spacial score (nSPS) is 27.2. The zero-order valence-electron chi connectivity index (χ0n) is 5.51. The molecule has 1 nitrogen and oxygen atoms in total. The molecule has 50 valence electrons. The van der Waals surface area contributed by atoms with Crippen LogP contribution in [0.4, 0.5) is 0 Å². The van der Waals surface area contributed by atoms with Crippen molar-refractivity contribution < 1.29 is 5.11 Å². The lowest BCUT2D eigenvalue weighted by atomic mass is 9.97. The van der Waals surface area contributed by atoms with E-state index in [1.54, 1.807) is 6.08 Å². The lowest BCUT2D eigenvalue weighted by molar-refractivity contribution is 0.195. The van der Waals surface area contributed by atoms with Crippen molar-refractivity contribution in [3.8, 4) is 0 Å². The third-order valence-electron chi connectivity index (χ3n) is 1.68. The summed E-state index contributed by atoms with van der Waals surface area (Å²) >= 11 is 0. The van der Waals surface area contributed by atoms with E-state index in [0.29, 0.717) is 0 Å². The molecular formula is C8H12O. The van der Waals surface area contributed by atoms with E-state index in [1.807, 2.05) is 0 Å². The topological polar surface area (TPSA) is 20.2 Å². The first-order valence-corrected chi connectivity index (χ1v) is 3.35. The number of hydrogen-bond acceptors (Lipinski definition) is 1. The van der Waals surface area contributed by atoms with Crippen molar-refractivity contribution in [3.63, 3.8) is 0 Å². The van der Waals surface area contributed by atoms with Gasteiger partial charge in [0.2, 0.25) is 0 Å². The highest BCUT2D eigenvalue weighted by atomic mass is 16.3. The van der Waals surface area contributed by atoms with Gasteiger partial charge in [0.1, 0.15) is 0 Å². The Balaban J connectivity index is 2.63. The number of aliphatic hydroxyl groups is 1. The molecule has 0 aliphatic heterocycles. The zero-order chi connectivity index (χ0) is 6.69. The van der Waals surface area contributed by atoms with Crippen molar-refractivity contribution in [1.29, 1.82) is 0 Å². The molecule has 1 aliphatic carbocycles. The molecule has 0 amide bonds. The van der Waals surface area contributed by atoms with Crippen LogP contribution in [0.25, 0.3) is 0 Å². The van der Waals surface area contributed by atoms with E-state index in [-0.39, 0.29) is 6.10 Å². The molecule has 0 aromatic rings. The van der Waals surface area contributed by atoms with Crippen LogP contribution in [0.1, 0.15) is 19.3 Å². The van der Waals surface area contributed by atoms with Crippen molar-refractivity contribution in [2.45, 2.75) is 25.4 Å². The summed E-state index contributed by atoms with van der Waals surface area (Å²) in [5.74, 6) is 0. The maximum Gasteiger partial charge on any atom is 0.0786 e. The fourth-order valence-corrected chi connectivity index (χ4v) is 1.10. The van der Waals surface area contributed by atoms with E-state index in [4.69, 9.17) is 0 Å². The van der Waals surface area contributed by atoms with Crippen molar-refractivity contribution in [3.05, 3.63) is 24.3 Å². The summed E-state index contributed by atoms with van der Waals surface area (Å²) in [5, 5.41) is 9.23. The molecule has 1 aliphatic rings. The Kier molecular flexibility index (Phi) is 2.06. The van der Waals surface area contributed by atoms with E-state index in [2.05, 4.69) is 12.7 Å². The van der Waals surface area contributed by atoms with Gasteiger partial charge in [-0.05, 0) is 24.8 Å². The van der Waals surface area contributed by atoms with Gasteiger partial charge in [-0.25, -0.2) is 0 Å². The highest BCUT2D eigenvalue weighted by molar-refractivity contribution is 5.22. The molecule has 0 aromatic carbocycles. The van der Waals surface area contributed by atoms with Crippen molar-refractivity contribution >= 4 is 0 Å². The smallest absolute Gasteiger partial charge is 0.0786 e. The van der Waals surface area contributed by atoms with Crippen LogP contribution in [0, 0.1) is 0 Å². The number of rotatable bonds is 1. The van der Waals surface area contributed by atoms with Crippen LogP contribution in [0.2, 0.25) is 0 Å². The van der Waals surface area contributed by atoms with Crippen LogP contribution in [0.3, 0.4) is 0 Å². The first-order chi connectivity index (χ1) is 4.34. The van der Waals surface area contributed by atoms with Gasteiger partial charge in [-0.1, -0.05) is 18.7 Å². The maximum atomic E-state index is 9.23. The van der Waals surface area contributed by atoms with Crippen LogP contribution in [-0.4, -0.2) is 11.2 Å². The van der Waals surface area contributed by atoms with Gasteiger partial charge >= 0.3 is 0 Å². The van der Waals surface area contributed by atoms with Crippen LogP contribution in [-0.2, 0) is 0 Å². The molecule has 0 radical (unpaired) electrons. The molecule has 9 heavy (non-hydrogen) atoms. The predicted octanol–water partition coefficient (Wildman–Crippen LogP) is 1.64. The number of hydrogen-bond donors (Lipinski definition) is 1. The fourth-order valence-electron chi connectivity index (χ4n) is 1.10. The summed E-state index contributed by atoms with van der Waals surface area (Å²) in [6.45, 7) is 3.61. The first kappa shape index (κ1) is 6.56. The average molecular weight is 124 g/mol. The van der Waals surface area contributed by atoms with Gasteiger partial charge in [0.05, 0.1) is 6.10 Å². The summed E-state index contributed by atoms with van der Waals surface area (Å²) < 4.78 is 0. The van der Waals surface area contributed by atoms with Crippen LogP contribution in [0.5, 0.6) is 0 Å². The summed E-state index contributed by atoms with van der Waals surface area (Å²) in [4.78, 5) is 0. The highest BCUT2D eigenvalue weighted by Gasteiger charge is 2.10. The van der Waals surface area contributed by atoms with Crippen LogP contribution < -0.4 is 0 Å². The largest absolute Gasteiger partial charge is 0.388 e. The third kappa shape index (κ3) is 1.42. The minimum Gasteiger partial charge on any atom is -0.388 e. The molecule has 0 aromatic heterocycles. The Morgan fingerprint density at radius 2 is 2.56 bits per heavy atom. The summed E-state index contributed by atoms with van der Waals surface area (Å²) in [5.41, 5.74) is 1.00. The molecule has 1 N–H and O–H groups in total. The average Bonchev–Trinajstić information content (AvgIpc) is 1.89. The molecule has 1 rings (SSSR count). The predicted molar refractivity (Wildman–Crippen MR) is 38.1 cm³/mol. The number of allylic oxidation sites excluding steroid dienone is 1. The maximum absolute atomic E-state index is 9.23. The molecule has 0 saturated carbocycles. The van der Waals surface area contributed by atoms with Gasteiger partial charge in [-0.15, -0.1) is 0 Å². The summed E-state index contributed by atoms with van der Waals surface area (Å²) in [7, 11) is 0. The van der Waals surface area contributed by atoms with Crippen LogP contribution >= 0.6 is 0 Å². The molecule has 0 saturated heterocycles. The second-order valence-corrected chi connectivity index (χ2v) is 2.35. The minimum atomic E-state index is -0.240. The van der Waals surface area contributed by atoms with Crippen molar-refractivity contribution in [2.24, 2.45) is 0 Å². The molecule has 0 bridgehead atoms. The monoisotopic (exact) mass is 124 g/mol. The zero-order valence-corrected chi connectivity index (χ0v) is 5.51. The molecule has 0 fully saturated rings. The quantitative estimate of drug-likeness (QED) is 0.563. The van der Waals surface area contributed by atoms with E-state index < -0.39 is 0 Å². The molecule has 1 heteroatoms. The molecular weight excluding hydrogens is 112 g/mol. The second kappa shape index (κ2) is 2.83. The standard InChI is InChI=1S/C8H12O/c1-2-7-5-3-4-6-8(7)9/h2,5,8-9H,1,3-4,6H2/t8-/m1/s1. The van der Waals surface area contributed by atoms with E-state index >= 15 is 0 Å². The summed E-state index contributed by atoms with van der Waals surface area (Å²) in [6.07, 6.45) is 6.66. The third-order valence-corrected chi connectivity index (χ3v) is 1.68. The Hall–Kier alpha value is -0.560. The lowest BCUT2D eigenvalue weighted by Gasteiger charge is -2.15. The molecule has 0 heterocycles. The molecule has 1 atom stereocenters. The lowest BCUT2D eigenvalue weighted by Crippen LogP contribution is -2.11. The fraction of sp³-hybridized carbons (Fsp3) is 0.500. The van der Waals surface area contributed by atoms with Gasteiger partial charge in [0.15, 0.2) is 0 Å². The van der Waals surface area contributed by atoms with Gasteiger partial charge in [-0.3, -0.25) is 0 Å². The van der Waals surface area contributed by atoms with Crippen molar-refractivity contribution in [1.82, 2.24) is 0 Å². The highest BCUT2D eigenvalue weighted by Crippen LogP contribution is 2.18. The van der Waals surface area contributed by atoms with E-state index in [1.165, 1.54) is 0 Å². The van der Waals surface area contributed by atoms with Gasteiger partial charge < -0.3 is 5.11 Å². The Morgan fingerprint density at radius 1 is 1.78 bits per heavy atom. The second-order valence-electron chi connectivity index (χ2n) is 2.35. The Bertz CT molecular complexity index is 136. The molecule has 0 unspecified atom stereocenters. The first-order valence-electron chi connectivity index (χ1n) is 3.35. The molecule has 0 spiro atoms. The Labute approximate surface area is 55.7 Å². The SMILES string of the molecule is C=CC1=CCCC[C@H]1O. The Morgan fingerprint density at radius 3 is 3.00 bits per heavy atom. The van der Waals surface area contributed by atoms with Gasteiger partial charge in [-0.2, -0.15) is 0 Å². The van der Waals surface area contributed by atoms with Gasteiger partial charge in [0.25, 0.3) is 0 Å². The van der Waals surface area contributed by atoms with Crippen molar-refractivity contribution in [2.75, 3.05) is 0 Å². The van der Waals surface area contributed by atoms with Gasteiger partial charge in [0, 0.05) is 0 Å². The van der Waals surface area contributed by atoms with Crippen LogP contribution in [0.15, 0.2) is 24.3 Å². The number of aliphatic hydroxyl groups excluding tert-OH is 1. The van der Waals surface area contributed by atoms with E-state index in [9.17, 15) is 5.11 Å². The summed E-state index contributed by atoms with van der Waals surface area (Å²) in [6, 6.07) is 0.